The van der Waals surface area contributed by atoms with E-state index in [0.29, 0.717) is 0 Å². The van der Waals surface area contributed by atoms with Crippen molar-refractivity contribution in [2.24, 2.45) is 0 Å². The van der Waals surface area contributed by atoms with Crippen LogP contribution in [0.5, 0.6) is 0 Å². The predicted octanol–water partition coefficient (Wildman–Crippen LogP) is 0.538. The molecular weight excluding hydrogens is 116 g/mol. The summed E-state index contributed by atoms with van der Waals surface area (Å²) in [7, 11) is 0. The molecule has 3 heteroatoms. The standard InChI is InChI=1S/C6H14N2O/c1-2-6-9-8-5-3-4-7-8/h7H,2-6H2,1H3. The van der Waals surface area contributed by atoms with Crippen LogP contribution in [-0.4, -0.2) is 24.9 Å². The Morgan fingerprint density at radius 3 is 3.11 bits per heavy atom. The van der Waals surface area contributed by atoms with Gasteiger partial charge in [0, 0.05) is 13.1 Å². The zero-order valence-corrected chi connectivity index (χ0v) is 5.89. The summed E-state index contributed by atoms with van der Waals surface area (Å²) in [5.74, 6) is 0. The molecule has 1 aliphatic heterocycles. The van der Waals surface area contributed by atoms with Crippen molar-refractivity contribution in [3.8, 4) is 0 Å². The highest BCUT2D eigenvalue weighted by Gasteiger charge is 2.09. The average molecular weight is 130 g/mol. The Morgan fingerprint density at radius 2 is 2.56 bits per heavy atom. The van der Waals surface area contributed by atoms with Crippen LogP contribution in [0.3, 0.4) is 0 Å². The van der Waals surface area contributed by atoms with E-state index in [1.54, 1.807) is 0 Å². The molecule has 0 amide bonds. The van der Waals surface area contributed by atoms with E-state index in [-0.39, 0.29) is 0 Å². The molecule has 0 spiro atoms. The topological polar surface area (TPSA) is 24.5 Å². The summed E-state index contributed by atoms with van der Waals surface area (Å²) < 4.78 is 0. The number of nitrogens with zero attached hydrogens (tertiary/aromatic N) is 1. The minimum atomic E-state index is 0.826. The van der Waals surface area contributed by atoms with Gasteiger partial charge in [-0.05, 0) is 12.8 Å². The van der Waals surface area contributed by atoms with Crippen molar-refractivity contribution in [1.82, 2.24) is 10.6 Å². The molecule has 0 aromatic heterocycles. The maximum atomic E-state index is 5.27. The third-order valence-electron chi connectivity index (χ3n) is 1.28. The highest BCUT2D eigenvalue weighted by molar-refractivity contribution is 4.52. The fraction of sp³-hybridized carbons (Fsp3) is 1.00. The molecule has 54 valence electrons. The molecule has 0 bridgehead atoms. The van der Waals surface area contributed by atoms with E-state index in [2.05, 4.69) is 12.3 Å². The van der Waals surface area contributed by atoms with Gasteiger partial charge in [0.05, 0.1) is 6.61 Å². The van der Waals surface area contributed by atoms with Gasteiger partial charge in [0.25, 0.3) is 0 Å². The normalized spacial score (nSPS) is 21.0. The van der Waals surface area contributed by atoms with Gasteiger partial charge in [0.2, 0.25) is 0 Å². The number of rotatable bonds is 3. The molecule has 1 heterocycles. The fourth-order valence-electron chi connectivity index (χ4n) is 0.817. The van der Waals surface area contributed by atoms with Gasteiger partial charge in [0.15, 0.2) is 0 Å². The van der Waals surface area contributed by atoms with E-state index in [9.17, 15) is 0 Å². The third-order valence-corrected chi connectivity index (χ3v) is 1.28. The van der Waals surface area contributed by atoms with E-state index in [4.69, 9.17) is 4.84 Å². The Morgan fingerprint density at radius 1 is 1.67 bits per heavy atom. The molecule has 1 aliphatic rings. The van der Waals surface area contributed by atoms with Crippen LogP contribution in [-0.2, 0) is 4.84 Å². The van der Waals surface area contributed by atoms with Crippen molar-refractivity contribution in [3.63, 3.8) is 0 Å². The van der Waals surface area contributed by atoms with Crippen molar-refractivity contribution >= 4 is 0 Å². The number of hydrazine groups is 1. The van der Waals surface area contributed by atoms with Crippen molar-refractivity contribution in [2.45, 2.75) is 19.8 Å². The largest absolute Gasteiger partial charge is 0.284 e. The lowest BCUT2D eigenvalue weighted by Crippen LogP contribution is -2.31. The average Bonchev–Trinajstić information content (AvgIpc) is 2.34. The monoisotopic (exact) mass is 130 g/mol. The Labute approximate surface area is 55.9 Å². The minimum Gasteiger partial charge on any atom is -0.284 e. The Hall–Kier alpha value is -0.120. The molecule has 1 N–H and O–H groups in total. The van der Waals surface area contributed by atoms with Crippen LogP contribution < -0.4 is 5.43 Å². The lowest BCUT2D eigenvalue weighted by molar-refractivity contribution is -0.176. The molecule has 0 aromatic rings. The van der Waals surface area contributed by atoms with Crippen molar-refractivity contribution in [1.29, 1.82) is 0 Å². The zero-order chi connectivity index (χ0) is 6.53. The first-order valence-electron chi connectivity index (χ1n) is 3.57. The number of hydroxylamine groups is 1. The molecular formula is C6H14N2O. The quantitative estimate of drug-likeness (QED) is 0.603. The predicted molar refractivity (Wildman–Crippen MR) is 35.6 cm³/mol. The highest BCUT2D eigenvalue weighted by atomic mass is 16.7. The molecule has 1 fully saturated rings. The van der Waals surface area contributed by atoms with E-state index >= 15 is 0 Å². The molecule has 3 nitrogen and oxygen atoms in total. The summed E-state index contributed by atoms with van der Waals surface area (Å²) in [5, 5.41) is 1.82. The van der Waals surface area contributed by atoms with Gasteiger partial charge in [-0.3, -0.25) is 4.84 Å². The lowest BCUT2D eigenvalue weighted by Gasteiger charge is -2.13. The van der Waals surface area contributed by atoms with Crippen LogP contribution in [0, 0.1) is 0 Å². The zero-order valence-electron chi connectivity index (χ0n) is 5.89. The van der Waals surface area contributed by atoms with Crippen LogP contribution in [0.15, 0.2) is 0 Å². The molecule has 0 unspecified atom stereocenters. The van der Waals surface area contributed by atoms with Gasteiger partial charge in [0.1, 0.15) is 0 Å². The van der Waals surface area contributed by atoms with Gasteiger partial charge in [-0.25, -0.2) is 5.43 Å². The smallest absolute Gasteiger partial charge is 0.0699 e. The Balaban J connectivity index is 1.98. The third kappa shape index (κ3) is 2.30. The van der Waals surface area contributed by atoms with Crippen molar-refractivity contribution < 1.29 is 4.84 Å². The summed E-state index contributed by atoms with van der Waals surface area (Å²) in [6.45, 7) is 5.02. The molecule has 9 heavy (non-hydrogen) atoms. The maximum Gasteiger partial charge on any atom is 0.0699 e. The van der Waals surface area contributed by atoms with Crippen molar-refractivity contribution in [3.05, 3.63) is 0 Å². The molecule has 1 rings (SSSR count). The van der Waals surface area contributed by atoms with Crippen molar-refractivity contribution in [2.75, 3.05) is 19.7 Å². The van der Waals surface area contributed by atoms with E-state index in [1.165, 1.54) is 6.42 Å². The lowest BCUT2D eigenvalue weighted by atomic mass is 10.5. The molecule has 0 atom stereocenters. The summed E-state index contributed by atoms with van der Waals surface area (Å²) in [6.07, 6.45) is 2.28. The first-order chi connectivity index (χ1) is 4.43. The van der Waals surface area contributed by atoms with Crippen LogP contribution in [0.4, 0.5) is 0 Å². The first kappa shape index (κ1) is 6.99. The summed E-state index contributed by atoms with van der Waals surface area (Å²) in [6, 6.07) is 0. The summed E-state index contributed by atoms with van der Waals surface area (Å²) in [5.41, 5.74) is 3.10. The second kappa shape index (κ2) is 3.82. The number of nitrogens with one attached hydrogen (secondary N) is 1. The Bertz CT molecular complexity index is 71.5. The van der Waals surface area contributed by atoms with E-state index in [1.807, 2.05) is 5.17 Å². The van der Waals surface area contributed by atoms with Gasteiger partial charge in [-0.2, -0.15) is 0 Å². The van der Waals surface area contributed by atoms with Crippen LogP contribution >= 0.6 is 0 Å². The van der Waals surface area contributed by atoms with Gasteiger partial charge < -0.3 is 0 Å². The molecule has 1 saturated heterocycles. The second-order valence-corrected chi connectivity index (χ2v) is 2.20. The van der Waals surface area contributed by atoms with E-state index in [0.717, 1.165) is 26.1 Å². The van der Waals surface area contributed by atoms with Crippen LogP contribution in [0.1, 0.15) is 19.8 Å². The molecule has 0 radical (unpaired) electrons. The number of hydrogen-bond donors (Lipinski definition) is 1. The van der Waals surface area contributed by atoms with Gasteiger partial charge in [-0.1, -0.05) is 6.92 Å². The number of hydrogen-bond acceptors (Lipinski definition) is 3. The maximum absolute atomic E-state index is 5.27. The summed E-state index contributed by atoms with van der Waals surface area (Å²) >= 11 is 0. The fourth-order valence-corrected chi connectivity index (χ4v) is 0.817. The molecule has 0 saturated carbocycles. The van der Waals surface area contributed by atoms with E-state index < -0.39 is 0 Å². The Kier molecular flexibility index (Phi) is 2.97. The van der Waals surface area contributed by atoms with Crippen LogP contribution in [0.2, 0.25) is 0 Å². The molecule has 0 aromatic carbocycles. The minimum absolute atomic E-state index is 0.826. The van der Waals surface area contributed by atoms with Gasteiger partial charge >= 0.3 is 0 Å². The molecule has 0 aliphatic carbocycles. The van der Waals surface area contributed by atoms with Crippen LogP contribution in [0.25, 0.3) is 0 Å². The SMILES string of the molecule is CCCON1CCCN1. The second-order valence-electron chi connectivity index (χ2n) is 2.20. The highest BCUT2D eigenvalue weighted by Crippen LogP contribution is 1.96. The van der Waals surface area contributed by atoms with Gasteiger partial charge in [-0.15, -0.1) is 5.17 Å². The summed E-state index contributed by atoms with van der Waals surface area (Å²) in [4.78, 5) is 5.27. The first-order valence-corrected chi connectivity index (χ1v) is 3.57.